The second kappa shape index (κ2) is 2.34. The Morgan fingerprint density at radius 1 is 1.17 bits per heavy atom. The third kappa shape index (κ3) is 0.935. The maximum atomic E-state index is 12.1. The SMILES string of the molecule is CC12CCC(CC1)C(C)(C)S2=O. The molecule has 12 heavy (non-hydrogen) atoms. The standard InChI is InChI=1S/C10H18OS/c1-9(2)8-4-6-10(3,7-5-8)12(9)11/h8H,4-7H2,1-3H3. The predicted octanol–water partition coefficient (Wildman–Crippen LogP) is 2.48. The van der Waals surface area contributed by atoms with Gasteiger partial charge in [-0.15, -0.1) is 0 Å². The van der Waals surface area contributed by atoms with Crippen molar-refractivity contribution in [3.8, 4) is 0 Å². The molecule has 1 unspecified atom stereocenters. The number of fused-ring (bicyclic) bond motifs is 3. The molecule has 0 amide bonds. The first-order valence-electron chi connectivity index (χ1n) is 4.89. The summed E-state index contributed by atoms with van der Waals surface area (Å²) in [6, 6.07) is 0. The second-order valence-electron chi connectivity index (χ2n) is 5.10. The van der Waals surface area contributed by atoms with Crippen LogP contribution in [0.4, 0.5) is 0 Å². The monoisotopic (exact) mass is 186 g/mol. The second-order valence-corrected chi connectivity index (χ2v) is 7.67. The Morgan fingerprint density at radius 3 is 2.00 bits per heavy atom. The van der Waals surface area contributed by atoms with Crippen LogP contribution < -0.4 is 0 Å². The van der Waals surface area contributed by atoms with Gasteiger partial charge in [0.15, 0.2) is 0 Å². The van der Waals surface area contributed by atoms with E-state index >= 15 is 0 Å². The van der Waals surface area contributed by atoms with Crippen LogP contribution in [0.25, 0.3) is 0 Å². The van der Waals surface area contributed by atoms with Crippen LogP contribution in [0.3, 0.4) is 0 Å². The summed E-state index contributed by atoms with van der Waals surface area (Å²) < 4.78 is 12.4. The Balaban J connectivity index is 2.39. The van der Waals surface area contributed by atoms with Crippen LogP contribution in [0.5, 0.6) is 0 Å². The molecule has 1 nitrogen and oxygen atoms in total. The van der Waals surface area contributed by atoms with E-state index in [1.54, 1.807) is 0 Å². The van der Waals surface area contributed by atoms with Crippen LogP contribution in [0.2, 0.25) is 0 Å². The summed E-state index contributed by atoms with van der Waals surface area (Å²) in [5.74, 6) is 0.722. The first-order valence-corrected chi connectivity index (χ1v) is 6.04. The Labute approximate surface area is 77.4 Å². The summed E-state index contributed by atoms with van der Waals surface area (Å²) >= 11 is 0. The Morgan fingerprint density at radius 2 is 1.67 bits per heavy atom. The summed E-state index contributed by atoms with van der Waals surface area (Å²) in [4.78, 5) is 0. The van der Waals surface area contributed by atoms with Gasteiger partial charge in [-0.1, -0.05) is 0 Å². The van der Waals surface area contributed by atoms with Crippen molar-refractivity contribution in [2.45, 2.75) is 55.9 Å². The van der Waals surface area contributed by atoms with Gasteiger partial charge in [0.25, 0.3) is 0 Å². The fraction of sp³-hybridized carbons (Fsp3) is 1.00. The van der Waals surface area contributed by atoms with E-state index in [0.717, 1.165) is 5.92 Å². The number of hydrogen-bond acceptors (Lipinski definition) is 1. The zero-order valence-corrected chi connectivity index (χ0v) is 9.04. The predicted molar refractivity (Wildman–Crippen MR) is 52.6 cm³/mol. The molecule has 2 heterocycles. The van der Waals surface area contributed by atoms with Gasteiger partial charge in [-0.3, -0.25) is 4.21 Å². The van der Waals surface area contributed by atoms with Crippen LogP contribution in [0, 0.1) is 5.92 Å². The normalized spacial score (nSPS) is 50.9. The lowest BCUT2D eigenvalue weighted by Crippen LogP contribution is -2.56. The van der Waals surface area contributed by atoms with Gasteiger partial charge in [-0.2, -0.15) is 0 Å². The maximum Gasteiger partial charge on any atom is 0.0437 e. The Kier molecular flexibility index (Phi) is 1.70. The molecule has 3 aliphatic rings. The molecule has 0 radical (unpaired) electrons. The molecule has 2 saturated heterocycles. The molecule has 0 aromatic carbocycles. The average molecular weight is 186 g/mol. The summed E-state index contributed by atoms with van der Waals surface area (Å²) in [7, 11) is -0.604. The maximum absolute atomic E-state index is 12.1. The van der Waals surface area contributed by atoms with Crippen molar-refractivity contribution >= 4 is 10.8 Å². The highest BCUT2D eigenvalue weighted by Crippen LogP contribution is 2.51. The topological polar surface area (TPSA) is 17.1 Å². The molecule has 1 saturated carbocycles. The lowest BCUT2D eigenvalue weighted by molar-refractivity contribution is 0.229. The third-order valence-electron chi connectivity index (χ3n) is 3.95. The van der Waals surface area contributed by atoms with Gasteiger partial charge >= 0.3 is 0 Å². The minimum absolute atomic E-state index is 0.0885. The van der Waals surface area contributed by atoms with Crippen molar-refractivity contribution < 1.29 is 4.21 Å². The van der Waals surface area contributed by atoms with Gasteiger partial charge in [-0.05, 0) is 52.4 Å². The third-order valence-corrected chi connectivity index (χ3v) is 6.54. The molecule has 2 heteroatoms. The van der Waals surface area contributed by atoms with Crippen LogP contribution in [0.1, 0.15) is 46.5 Å². The first-order chi connectivity index (χ1) is 5.47. The van der Waals surface area contributed by atoms with E-state index in [-0.39, 0.29) is 9.49 Å². The molecule has 70 valence electrons. The van der Waals surface area contributed by atoms with E-state index in [0.29, 0.717) is 0 Å². The summed E-state index contributed by atoms with van der Waals surface area (Å²) in [5.41, 5.74) is 0. The van der Waals surface area contributed by atoms with E-state index in [4.69, 9.17) is 0 Å². The minimum Gasteiger partial charge on any atom is -0.258 e. The van der Waals surface area contributed by atoms with Crippen molar-refractivity contribution in [2.75, 3.05) is 0 Å². The zero-order chi connectivity index (χ0) is 8.98. The van der Waals surface area contributed by atoms with Crippen LogP contribution in [0.15, 0.2) is 0 Å². The Hall–Kier alpha value is 0.150. The molecule has 2 aliphatic heterocycles. The first kappa shape index (κ1) is 8.74. The fourth-order valence-electron chi connectivity index (χ4n) is 2.90. The highest BCUT2D eigenvalue weighted by molar-refractivity contribution is 7.88. The molecule has 0 N–H and O–H groups in total. The van der Waals surface area contributed by atoms with Crippen molar-refractivity contribution in [2.24, 2.45) is 5.92 Å². The zero-order valence-electron chi connectivity index (χ0n) is 8.22. The minimum atomic E-state index is -0.604. The van der Waals surface area contributed by atoms with E-state index in [2.05, 4.69) is 20.8 Å². The Bertz CT molecular complexity index is 217. The van der Waals surface area contributed by atoms with Crippen molar-refractivity contribution in [3.63, 3.8) is 0 Å². The highest BCUT2D eigenvalue weighted by atomic mass is 32.2. The fourth-order valence-corrected chi connectivity index (χ4v) is 5.31. The lowest BCUT2D eigenvalue weighted by Gasteiger charge is -2.52. The van der Waals surface area contributed by atoms with E-state index in [1.165, 1.54) is 25.7 Å². The largest absolute Gasteiger partial charge is 0.258 e. The van der Waals surface area contributed by atoms with E-state index < -0.39 is 10.8 Å². The smallest absolute Gasteiger partial charge is 0.0437 e. The van der Waals surface area contributed by atoms with E-state index in [1.807, 2.05) is 0 Å². The number of rotatable bonds is 0. The molecule has 0 spiro atoms. The summed E-state index contributed by atoms with van der Waals surface area (Å²) in [6.07, 6.45) is 4.98. The van der Waals surface area contributed by atoms with Crippen LogP contribution >= 0.6 is 0 Å². The van der Waals surface area contributed by atoms with Gasteiger partial charge in [0, 0.05) is 20.3 Å². The molecule has 3 fully saturated rings. The van der Waals surface area contributed by atoms with Crippen molar-refractivity contribution in [1.29, 1.82) is 0 Å². The number of hydrogen-bond donors (Lipinski definition) is 0. The van der Waals surface area contributed by atoms with Gasteiger partial charge in [0.2, 0.25) is 0 Å². The highest BCUT2D eigenvalue weighted by Gasteiger charge is 2.53. The van der Waals surface area contributed by atoms with Gasteiger partial charge in [0.05, 0.1) is 0 Å². The quantitative estimate of drug-likeness (QED) is 0.568. The van der Waals surface area contributed by atoms with Gasteiger partial charge in [0.1, 0.15) is 0 Å². The lowest BCUT2D eigenvalue weighted by atomic mass is 9.75. The van der Waals surface area contributed by atoms with Crippen LogP contribution in [-0.4, -0.2) is 13.7 Å². The molecule has 1 atom stereocenters. The molecule has 3 rings (SSSR count). The van der Waals surface area contributed by atoms with Crippen molar-refractivity contribution in [1.82, 2.24) is 0 Å². The van der Waals surface area contributed by atoms with Gasteiger partial charge < -0.3 is 0 Å². The van der Waals surface area contributed by atoms with Crippen LogP contribution in [-0.2, 0) is 10.8 Å². The molecule has 2 bridgehead atoms. The molecular weight excluding hydrogens is 168 g/mol. The molecular formula is C10H18OS. The van der Waals surface area contributed by atoms with E-state index in [9.17, 15) is 4.21 Å². The summed E-state index contributed by atoms with van der Waals surface area (Å²) in [6.45, 7) is 6.58. The molecule has 0 aromatic rings. The average Bonchev–Trinajstić information content (AvgIpc) is 2.01. The van der Waals surface area contributed by atoms with Gasteiger partial charge in [-0.25, -0.2) is 0 Å². The summed E-state index contributed by atoms with van der Waals surface area (Å²) in [5, 5.41) is 0. The molecule has 0 aromatic heterocycles. The van der Waals surface area contributed by atoms with Crippen molar-refractivity contribution in [3.05, 3.63) is 0 Å². The molecule has 1 aliphatic carbocycles.